The molecule has 3 rings (SSSR count). The second-order valence-electron chi connectivity index (χ2n) is 6.34. The van der Waals surface area contributed by atoms with Crippen molar-refractivity contribution in [2.45, 2.75) is 30.4 Å². The minimum absolute atomic E-state index is 0.156. The smallest absolute Gasteiger partial charge is 0.338 e. The number of nitriles is 1. The molecule has 7 nitrogen and oxygen atoms in total. The van der Waals surface area contributed by atoms with Gasteiger partial charge in [-0.1, -0.05) is 23.9 Å². The minimum Gasteiger partial charge on any atom is -0.462 e. The number of carbonyl (C=O) groups excluding carboxylic acids is 2. The number of hydrogen-bond acceptors (Lipinski definition) is 7. The van der Waals surface area contributed by atoms with Crippen LogP contribution in [-0.2, 0) is 16.1 Å². The van der Waals surface area contributed by atoms with E-state index in [1.54, 1.807) is 19.1 Å². The fourth-order valence-electron chi connectivity index (χ4n) is 2.99. The van der Waals surface area contributed by atoms with Crippen molar-refractivity contribution in [3.63, 3.8) is 0 Å². The predicted molar refractivity (Wildman–Crippen MR) is 123 cm³/mol. The average molecular weight is 455 g/mol. The Morgan fingerprint density at radius 1 is 1.19 bits per heavy atom. The van der Waals surface area contributed by atoms with E-state index in [4.69, 9.17) is 10.00 Å². The molecule has 1 heterocycles. The number of rotatable bonds is 9. The van der Waals surface area contributed by atoms with E-state index >= 15 is 0 Å². The van der Waals surface area contributed by atoms with Gasteiger partial charge >= 0.3 is 5.97 Å². The summed E-state index contributed by atoms with van der Waals surface area (Å²) in [5.41, 5.74) is 2.73. The Balaban J connectivity index is 1.72. The van der Waals surface area contributed by atoms with Crippen LogP contribution in [0.25, 0.3) is 11.0 Å². The van der Waals surface area contributed by atoms with E-state index in [2.05, 4.69) is 16.4 Å². The molecule has 0 unspecified atom stereocenters. The third-order valence-electron chi connectivity index (χ3n) is 4.33. The largest absolute Gasteiger partial charge is 0.462 e. The molecule has 0 aliphatic heterocycles. The number of aromatic nitrogens is 2. The SMILES string of the molecule is CCOC(=O)c1ccc2c(c1)nc(SCC(=O)Nc1ccccc1SCC#N)n2CC. The fourth-order valence-corrected chi connectivity index (χ4v) is 4.54. The number of imidazole rings is 1. The van der Waals surface area contributed by atoms with E-state index in [1.807, 2.05) is 41.8 Å². The van der Waals surface area contributed by atoms with Gasteiger partial charge in [-0.3, -0.25) is 4.79 Å². The number of benzene rings is 2. The molecule has 0 fully saturated rings. The molecule has 0 saturated heterocycles. The molecule has 2 aromatic carbocycles. The van der Waals surface area contributed by atoms with Crippen molar-refractivity contribution in [3.8, 4) is 6.07 Å². The van der Waals surface area contributed by atoms with Crippen LogP contribution in [0.3, 0.4) is 0 Å². The monoisotopic (exact) mass is 454 g/mol. The molecule has 160 valence electrons. The number of anilines is 1. The molecule has 31 heavy (non-hydrogen) atoms. The molecular formula is C22H22N4O3S2. The van der Waals surface area contributed by atoms with E-state index in [1.165, 1.54) is 23.5 Å². The summed E-state index contributed by atoms with van der Waals surface area (Å²) in [6.07, 6.45) is 0. The predicted octanol–water partition coefficient (Wildman–Crippen LogP) is 4.58. The van der Waals surface area contributed by atoms with Crippen LogP contribution in [0.1, 0.15) is 24.2 Å². The van der Waals surface area contributed by atoms with Crippen LogP contribution < -0.4 is 5.32 Å². The van der Waals surface area contributed by atoms with Gasteiger partial charge in [0.25, 0.3) is 0 Å². The molecule has 0 bridgehead atoms. The first-order valence-corrected chi connectivity index (χ1v) is 11.7. The zero-order chi connectivity index (χ0) is 22.2. The second kappa shape index (κ2) is 10.9. The summed E-state index contributed by atoms with van der Waals surface area (Å²) in [6, 6.07) is 14.8. The van der Waals surface area contributed by atoms with E-state index in [0.717, 1.165) is 10.4 Å². The van der Waals surface area contributed by atoms with Gasteiger partial charge in [-0.05, 0) is 44.2 Å². The molecule has 0 atom stereocenters. The van der Waals surface area contributed by atoms with Gasteiger partial charge in [0.2, 0.25) is 5.91 Å². The summed E-state index contributed by atoms with van der Waals surface area (Å²) in [6.45, 7) is 4.78. The van der Waals surface area contributed by atoms with Gasteiger partial charge in [-0.2, -0.15) is 5.26 Å². The number of carbonyl (C=O) groups is 2. The number of ether oxygens (including phenoxy) is 1. The van der Waals surface area contributed by atoms with Crippen LogP contribution in [0.5, 0.6) is 0 Å². The van der Waals surface area contributed by atoms with E-state index < -0.39 is 0 Å². The molecule has 1 amide bonds. The summed E-state index contributed by atoms with van der Waals surface area (Å²) in [7, 11) is 0. The molecular weight excluding hydrogens is 432 g/mol. The van der Waals surface area contributed by atoms with Gasteiger partial charge in [0.15, 0.2) is 5.16 Å². The molecule has 0 saturated carbocycles. The third kappa shape index (κ3) is 5.60. The lowest BCUT2D eigenvalue weighted by atomic mass is 10.2. The summed E-state index contributed by atoms with van der Waals surface area (Å²) in [4.78, 5) is 30.0. The molecule has 0 radical (unpaired) electrons. The van der Waals surface area contributed by atoms with Crippen molar-refractivity contribution in [2.24, 2.45) is 0 Å². The maximum absolute atomic E-state index is 12.5. The number of amides is 1. The van der Waals surface area contributed by atoms with Crippen LogP contribution >= 0.6 is 23.5 Å². The standard InChI is InChI=1S/C22H22N4O3S2/c1-3-26-18-10-9-15(21(28)29-4-2)13-17(18)25-22(26)31-14-20(27)24-16-7-5-6-8-19(16)30-12-11-23/h5-10,13H,3-4,12,14H2,1-2H3,(H,24,27). The highest BCUT2D eigenvalue weighted by molar-refractivity contribution is 8.00. The minimum atomic E-state index is -0.378. The van der Waals surface area contributed by atoms with Gasteiger partial charge < -0.3 is 14.6 Å². The third-order valence-corrected chi connectivity index (χ3v) is 6.24. The lowest BCUT2D eigenvalue weighted by Gasteiger charge is -2.10. The Morgan fingerprint density at radius 3 is 2.74 bits per heavy atom. The molecule has 0 spiro atoms. The lowest BCUT2D eigenvalue weighted by molar-refractivity contribution is -0.113. The zero-order valence-corrected chi connectivity index (χ0v) is 18.9. The molecule has 3 aromatic rings. The lowest BCUT2D eigenvalue weighted by Crippen LogP contribution is -2.15. The Morgan fingerprint density at radius 2 is 2.00 bits per heavy atom. The van der Waals surface area contributed by atoms with Crippen molar-refractivity contribution in [1.29, 1.82) is 5.26 Å². The quantitative estimate of drug-likeness (QED) is 0.373. The summed E-state index contributed by atoms with van der Waals surface area (Å²) in [5, 5.41) is 12.4. The number of hydrogen-bond donors (Lipinski definition) is 1. The number of para-hydroxylation sites is 1. The molecule has 0 aliphatic carbocycles. The van der Waals surface area contributed by atoms with Crippen molar-refractivity contribution < 1.29 is 14.3 Å². The van der Waals surface area contributed by atoms with Crippen molar-refractivity contribution in [3.05, 3.63) is 48.0 Å². The van der Waals surface area contributed by atoms with E-state index in [0.29, 0.717) is 40.8 Å². The van der Waals surface area contributed by atoms with Crippen molar-refractivity contribution >= 4 is 52.1 Å². The number of esters is 1. The number of nitrogens with one attached hydrogen (secondary N) is 1. The summed E-state index contributed by atoms with van der Waals surface area (Å²) < 4.78 is 7.07. The number of fused-ring (bicyclic) bond motifs is 1. The Hall–Kier alpha value is -2.96. The van der Waals surface area contributed by atoms with Gasteiger partial charge in [0, 0.05) is 11.4 Å². The Bertz CT molecular complexity index is 1140. The maximum Gasteiger partial charge on any atom is 0.338 e. The second-order valence-corrected chi connectivity index (χ2v) is 8.30. The van der Waals surface area contributed by atoms with Gasteiger partial charge in [0.05, 0.1) is 46.5 Å². The molecule has 1 N–H and O–H groups in total. The average Bonchev–Trinajstić information content (AvgIpc) is 3.14. The topological polar surface area (TPSA) is 97.0 Å². The van der Waals surface area contributed by atoms with Crippen LogP contribution in [0.15, 0.2) is 52.5 Å². The maximum atomic E-state index is 12.5. The van der Waals surface area contributed by atoms with Crippen LogP contribution in [0, 0.1) is 11.3 Å². The van der Waals surface area contributed by atoms with E-state index in [9.17, 15) is 9.59 Å². The zero-order valence-electron chi connectivity index (χ0n) is 17.3. The van der Waals surface area contributed by atoms with Crippen molar-refractivity contribution in [2.75, 3.05) is 23.4 Å². The first kappa shape index (κ1) is 22.7. The molecule has 1 aromatic heterocycles. The normalized spacial score (nSPS) is 10.6. The molecule has 9 heteroatoms. The fraction of sp³-hybridized carbons (Fsp3) is 0.273. The first-order valence-electron chi connectivity index (χ1n) is 9.76. The van der Waals surface area contributed by atoms with Gasteiger partial charge in [-0.25, -0.2) is 9.78 Å². The number of aryl methyl sites for hydroxylation is 1. The summed E-state index contributed by atoms with van der Waals surface area (Å²) >= 11 is 2.72. The Kier molecular flexibility index (Phi) is 7.98. The number of thioether (sulfide) groups is 2. The van der Waals surface area contributed by atoms with Crippen LogP contribution in [0.2, 0.25) is 0 Å². The summed E-state index contributed by atoms with van der Waals surface area (Å²) in [5.74, 6) is -0.0322. The van der Waals surface area contributed by atoms with E-state index in [-0.39, 0.29) is 17.6 Å². The highest BCUT2D eigenvalue weighted by atomic mass is 32.2. The van der Waals surface area contributed by atoms with Crippen LogP contribution in [0.4, 0.5) is 5.69 Å². The van der Waals surface area contributed by atoms with Crippen molar-refractivity contribution in [1.82, 2.24) is 9.55 Å². The number of nitrogens with zero attached hydrogens (tertiary/aromatic N) is 3. The van der Waals surface area contributed by atoms with Gasteiger partial charge in [-0.15, -0.1) is 11.8 Å². The highest BCUT2D eigenvalue weighted by Crippen LogP contribution is 2.28. The first-order chi connectivity index (χ1) is 15.1. The molecule has 0 aliphatic rings. The highest BCUT2D eigenvalue weighted by Gasteiger charge is 2.15. The van der Waals surface area contributed by atoms with Crippen LogP contribution in [-0.4, -0.2) is 39.5 Å². The van der Waals surface area contributed by atoms with Gasteiger partial charge in [0.1, 0.15) is 0 Å². The Labute approximate surface area is 189 Å².